The van der Waals surface area contributed by atoms with Crippen LogP contribution in [0, 0.1) is 5.82 Å². The molecule has 1 saturated heterocycles. The molecule has 1 aliphatic rings. The Kier molecular flexibility index (Phi) is 7.65. The Morgan fingerprint density at radius 2 is 1.93 bits per heavy atom. The van der Waals surface area contributed by atoms with Gasteiger partial charge in [0.2, 0.25) is 0 Å². The Morgan fingerprint density at radius 3 is 2.53 bits per heavy atom. The third-order valence-corrected chi connectivity index (χ3v) is 5.62. The van der Waals surface area contributed by atoms with Gasteiger partial charge in [0.25, 0.3) is 5.91 Å². The molecule has 6 nitrogen and oxygen atoms in total. The summed E-state index contributed by atoms with van der Waals surface area (Å²) in [6, 6.07) is 12.6. The molecular formula is C23H31FN3O3+. The number of rotatable bonds is 8. The molecule has 0 bridgehead atoms. The van der Waals surface area contributed by atoms with Gasteiger partial charge in [0.15, 0.2) is 17.6 Å². The third-order valence-electron chi connectivity index (χ3n) is 5.62. The first-order valence-electron chi connectivity index (χ1n) is 10.4. The molecule has 30 heavy (non-hydrogen) atoms. The van der Waals surface area contributed by atoms with Gasteiger partial charge in [0.1, 0.15) is 6.54 Å². The van der Waals surface area contributed by atoms with Crippen molar-refractivity contribution in [3.8, 4) is 5.75 Å². The maximum Gasteiger partial charge on any atom is 0.282 e. The summed E-state index contributed by atoms with van der Waals surface area (Å²) in [5, 5.41) is 3.00. The van der Waals surface area contributed by atoms with Crippen molar-refractivity contribution in [1.82, 2.24) is 0 Å². The lowest BCUT2D eigenvalue weighted by molar-refractivity contribution is -0.925. The first-order valence-corrected chi connectivity index (χ1v) is 10.4. The summed E-state index contributed by atoms with van der Waals surface area (Å²) in [6.07, 6.45) is 0. The van der Waals surface area contributed by atoms with Gasteiger partial charge in [-0.15, -0.1) is 0 Å². The van der Waals surface area contributed by atoms with Crippen LogP contribution in [0.25, 0.3) is 0 Å². The smallest absolute Gasteiger partial charge is 0.282 e. The van der Waals surface area contributed by atoms with Gasteiger partial charge in [-0.3, -0.25) is 4.79 Å². The van der Waals surface area contributed by atoms with Gasteiger partial charge < -0.3 is 24.6 Å². The number of morpholine rings is 1. The number of ether oxygens (including phenoxy) is 2. The molecule has 0 aliphatic carbocycles. The highest BCUT2D eigenvalue weighted by Gasteiger charge is 2.24. The molecule has 1 aliphatic heterocycles. The van der Waals surface area contributed by atoms with E-state index in [0.29, 0.717) is 6.54 Å². The summed E-state index contributed by atoms with van der Waals surface area (Å²) >= 11 is 0. The van der Waals surface area contributed by atoms with Crippen molar-refractivity contribution in [1.29, 1.82) is 0 Å². The Balaban J connectivity index is 1.59. The number of carbonyl (C=O) groups is 1. The van der Waals surface area contributed by atoms with Crippen molar-refractivity contribution in [2.24, 2.45) is 0 Å². The van der Waals surface area contributed by atoms with Crippen LogP contribution >= 0.6 is 0 Å². The number of methoxy groups -OCH3 is 1. The zero-order chi connectivity index (χ0) is 21.5. The molecule has 1 fully saturated rings. The number of amides is 1. The Hall–Kier alpha value is -2.64. The fraction of sp³-hybridized carbons (Fsp3) is 0.435. The molecule has 162 valence electrons. The average Bonchev–Trinajstić information content (AvgIpc) is 2.78. The molecule has 2 aromatic carbocycles. The first kappa shape index (κ1) is 22.1. The zero-order valence-corrected chi connectivity index (χ0v) is 17.9. The second kappa shape index (κ2) is 10.4. The molecule has 7 heteroatoms. The quantitative estimate of drug-likeness (QED) is 0.692. The Bertz CT molecular complexity index is 838. The van der Waals surface area contributed by atoms with Crippen LogP contribution < -0.4 is 19.9 Å². The number of hydrogen-bond acceptors (Lipinski definition) is 4. The molecule has 1 heterocycles. The van der Waals surface area contributed by atoms with Crippen LogP contribution in [0.15, 0.2) is 42.5 Å². The van der Waals surface area contributed by atoms with E-state index in [0.717, 1.165) is 54.7 Å². The number of anilines is 2. The molecule has 0 saturated carbocycles. The first-order chi connectivity index (χ1) is 14.5. The van der Waals surface area contributed by atoms with E-state index in [9.17, 15) is 9.18 Å². The number of nitrogens with one attached hydrogen (secondary N) is 2. The highest BCUT2D eigenvalue weighted by atomic mass is 19.1. The maximum atomic E-state index is 14.0. The lowest BCUT2D eigenvalue weighted by atomic mass is 10.1. The van der Waals surface area contributed by atoms with Gasteiger partial charge in [-0.2, -0.15) is 0 Å². The molecule has 2 aromatic rings. The zero-order valence-electron chi connectivity index (χ0n) is 17.9. The second-order valence-corrected chi connectivity index (χ2v) is 7.51. The summed E-state index contributed by atoms with van der Waals surface area (Å²) in [6.45, 7) is 8.47. The summed E-state index contributed by atoms with van der Waals surface area (Å²) in [5.41, 5.74) is 2.74. The van der Waals surface area contributed by atoms with Crippen LogP contribution in [0.4, 0.5) is 15.8 Å². The fourth-order valence-electron chi connectivity index (χ4n) is 3.68. The summed E-state index contributed by atoms with van der Waals surface area (Å²) in [7, 11) is 1.45. The van der Waals surface area contributed by atoms with E-state index >= 15 is 0 Å². The number of hydrogen-bond donors (Lipinski definition) is 2. The summed E-state index contributed by atoms with van der Waals surface area (Å²) in [4.78, 5) is 16.1. The van der Waals surface area contributed by atoms with Crippen LogP contribution in [0.3, 0.4) is 0 Å². The van der Waals surface area contributed by atoms with Crippen LogP contribution in [-0.2, 0) is 16.1 Å². The summed E-state index contributed by atoms with van der Waals surface area (Å²) in [5.74, 6) is -0.217. The van der Waals surface area contributed by atoms with E-state index in [1.165, 1.54) is 13.2 Å². The van der Waals surface area contributed by atoms with Crippen molar-refractivity contribution < 1.29 is 23.6 Å². The van der Waals surface area contributed by atoms with Crippen LogP contribution in [0.2, 0.25) is 0 Å². The number of quaternary nitrogens is 1. The predicted molar refractivity (Wildman–Crippen MR) is 116 cm³/mol. The van der Waals surface area contributed by atoms with E-state index in [2.05, 4.69) is 10.2 Å². The van der Waals surface area contributed by atoms with Gasteiger partial charge in [-0.05, 0) is 56.3 Å². The topological polar surface area (TPSA) is 55.2 Å². The molecule has 2 atom stereocenters. The van der Waals surface area contributed by atoms with Gasteiger partial charge in [-0.25, -0.2) is 4.39 Å². The maximum absolute atomic E-state index is 14.0. The van der Waals surface area contributed by atoms with Crippen molar-refractivity contribution in [2.45, 2.75) is 26.4 Å². The minimum Gasteiger partial charge on any atom is -0.494 e. The molecule has 1 unspecified atom stereocenters. The number of likely N-dealkylation sites (N-methyl/N-ethyl adjacent to an activating group) is 1. The monoisotopic (exact) mass is 416 g/mol. The van der Waals surface area contributed by atoms with Gasteiger partial charge in [-0.1, -0.05) is 0 Å². The SMILES string of the molecule is CC[NH+](Cc1ccc(OC)c(F)c1)[C@H](C)C(=O)Nc1ccc(N2CCOCC2)cc1. The second-order valence-electron chi connectivity index (χ2n) is 7.51. The van der Waals surface area contributed by atoms with Gasteiger partial charge in [0, 0.05) is 30.0 Å². The average molecular weight is 417 g/mol. The van der Waals surface area contributed by atoms with E-state index < -0.39 is 0 Å². The number of halogens is 1. The molecule has 3 rings (SSSR count). The molecule has 1 amide bonds. The standard InChI is InChI=1S/C23H30FN3O3/c1-4-26(16-18-5-10-22(29-3)21(24)15-18)17(2)23(28)25-19-6-8-20(9-7-19)27-11-13-30-14-12-27/h5-10,15,17H,4,11-14,16H2,1-3H3,(H,25,28)/p+1/t17-/m1/s1. The molecular weight excluding hydrogens is 385 g/mol. The highest BCUT2D eigenvalue weighted by molar-refractivity contribution is 5.93. The van der Waals surface area contributed by atoms with Crippen LogP contribution in [0.5, 0.6) is 5.75 Å². The van der Waals surface area contributed by atoms with Crippen LogP contribution in [-0.4, -0.2) is 51.9 Å². The lowest BCUT2D eigenvalue weighted by Gasteiger charge is -2.29. The highest BCUT2D eigenvalue weighted by Crippen LogP contribution is 2.19. The Labute approximate surface area is 177 Å². The van der Waals surface area contributed by atoms with Gasteiger partial charge in [0.05, 0.1) is 26.9 Å². The van der Waals surface area contributed by atoms with Crippen molar-refractivity contribution in [2.75, 3.05) is 50.2 Å². The van der Waals surface area contributed by atoms with Crippen molar-refractivity contribution in [3.05, 3.63) is 53.8 Å². The normalized spacial score (nSPS) is 16.1. The molecule has 0 spiro atoms. The van der Waals surface area contributed by atoms with E-state index in [-0.39, 0.29) is 23.5 Å². The molecule has 0 radical (unpaired) electrons. The van der Waals surface area contributed by atoms with Crippen molar-refractivity contribution in [3.63, 3.8) is 0 Å². The minimum atomic E-state index is -0.386. The third kappa shape index (κ3) is 5.49. The lowest BCUT2D eigenvalue weighted by Crippen LogP contribution is -3.15. The fourth-order valence-corrected chi connectivity index (χ4v) is 3.68. The number of carbonyl (C=O) groups excluding carboxylic acids is 1. The van der Waals surface area contributed by atoms with E-state index in [1.54, 1.807) is 6.07 Å². The Morgan fingerprint density at radius 1 is 1.23 bits per heavy atom. The largest absolute Gasteiger partial charge is 0.494 e. The van der Waals surface area contributed by atoms with Gasteiger partial charge >= 0.3 is 0 Å². The predicted octanol–water partition coefficient (Wildman–Crippen LogP) is 2.10. The summed E-state index contributed by atoms with van der Waals surface area (Å²) < 4.78 is 24.4. The molecule has 0 aromatic heterocycles. The molecule has 2 N–H and O–H groups in total. The van der Waals surface area contributed by atoms with E-state index in [1.807, 2.05) is 44.2 Å². The van der Waals surface area contributed by atoms with Crippen molar-refractivity contribution >= 4 is 17.3 Å². The van der Waals surface area contributed by atoms with E-state index in [4.69, 9.17) is 9.47 Å². The minimum absolute atomic E-state index is 0.0556. The number of benzene rings is 2. The van der Waals surface area contributed by atoms with Crippen LogP contribution in [0.1, 0.15) is 19.4 Å². The number of nitrogens with zero attached hydrogens (tertiary/aromatic N) is 1.